The summed E-state index contributed by atoms with van der Waals surface area (Å²) >= 11 is 0. The summed E-state index contributed by atoms with van der Waals surface area (Å²) in [6.07, 6.45) is 8.61. The number of hydrogen-bond donors (Lipinski definition) is 0. The highest BCUT2D eigenvalue weighted by Crippen LogP contribution is 1.85. The molecular formula is C7H8. The van der Waals surface area contributed by atoms with Crippen molar-refractivity contribution in [3.63, 3.8) is 0 Å². The number of rotatable bonds is 1. The molecule has 0 unspecified atom stereocenters. The van der Waals surface area contributed by atoms with Crippen LogP contribution in [-0.2, 0) is 0 Å². The van der Waals surface area contributed by atoms with E-state index in [1.807, 2.05) is 13.0 Å². The maximum atomic E-state index is 4.96. The first kappa shape index (κ1) is 6.04. The third kappa shape index (κ3) is 2.85. The number of allylic oxidation sites excluding steroid dienone is 3. The Kier molecular flexibility index (Phi) is 2.79. The molecule has 0 saturated carbocycles. The summed E-state index contributed by atoms with van der Waals surface area (Å²) in [4.78, 5) is 0. The lowest BCUT2D eigenvalue weighted by molar-refractivity contribution is 1.70. The van der Waals surface area contributed by atoms with Crippen molar-refractivity contribution >= 4 is 0 Å². The molecule has 0 N–H and O–H groups in total. The van der Waals surface area contributed by atoms with Gasteiger partial charge in [-0.05, 0) is 6.92 Å². The topological polar surface area (TPSA) is 0 Å². The zero-order valence-electron chi connectivity index (χ0n) is 4.44. The minimum absolute atomic E-state index is 0.725. The second kappa shape index (κ2) is 3.24. The van der Waals surface area contributed by atoms with Gasteiger partial charge in [-0.3, -0.25) is 0 Å². The van der Waals surface area contributed by atoms with E-state index in [4.69, 9.17) is 6.42 Å². The SMILES string of the molecule is C#CC(=C)/C=C\C. The summed E-state index contributed by atoms with van der Waals surface area (Å²) in [6.45, 7) is 5.45. The van der Waals surface area contributed by atoms with Crippen LogP contribution in [0.2, 0.25) is 0 Å². The van der Waals surface area contributed by atoms with E-state index in [1.165, 1.54) is 0 Å². The largest absolute Gasteiger partial charge is 0.115 e. The zero-order valence-corrected chi connectivity index (χ0v) is 4.44. The normalized spacial score (nSPS) is 8.57. The molecule has 0 nitrogen and oxygen atoms in total. The van der Waals surface area contributed by atoms with E-state index >= 15 is 0 Å². The Hall–Kier alpha value is -0.960. The monoisotopic (exact) mass is 92.1 g/mol. The van der Waals surface area contributed by atoms with Crippen LogP contribution in [0.1, 0.15) is 6.92 Å². The molecule has 0 heterocycles. The van der Waals surface area contributed by atoms with Crippen LogP contribution in [0.25, 0.3) is 0 Å². The first-order chi connectivity index (χ1) is 3.31. The van der Waals surface area contributed by atoms with Gasteiger partial charge in [0, 0.05) is 5.57 Å². The molecule has 0 bridgehead atoms. The van der Waals surface area contributed by atoms with Crippen molar-refractivity contribution in [3.05, 3.63) is 24.3 Å². The highest BCUT2D eigenvalue weighted by molar-refractivity contribution is 5.32. The maximum absolute atomic E-state index is 4.96. The van der Waals surface area contributed by atoms with E-state index in [-0.39, 0.29) is 0 Å². The van der Waals surface area contributed by atoms with E-state index in [0.717, 1.165) is 5.57 Å². The predicted octanol–water partition coefficient (Wildman–Crippen LogP) is 1.75. The molecule has 0 spiro atoms. The molecule has 0 amide bonds. The third-order valence-corrected chi connectivity index (χ3v) is 0.553. The van der Waals surface area contributed by atoms with Gasteiger partial charge in [0.05, 0.1) is 0 Å². The lowest BCUT2D eigenvalue weighted by atomic mass is 10.3. The van der Waals surface area contributed by atoms with Crippen molar-refractivity contribution in [1.82, 2.24) is 0 Å². The van der Waals surface area contributed by atoms with Gasteiger partial charge in [0.1, 0.15) is 0 Å². The predicted molar refractivity (Wildman–Crippen MR) is 32.8 cm³/mol. The van der Waals surface area contributed by atoms with E-state index in [0.29, 0.717) is 0 Å². The quantitative estimate of drug-likeness (QED) is 0.341. The lowest BCUT2D eigenvalue weighted by Gasteiger charge is -1.76. The molecule has 0 aliphatic rings. The van der Waals surface area contributed by atoms with E-state index in [2.05, 4.69) is 12.5 Å². The smallest absolute Gasteiger partial charge is 0.0167 e. The van der Waals surface area contributed by atoms with E-state index in [1.54, 1.807) is 6.08 Å². The molecule has 0 atom stereocenters. The summed E-state index contributed by atoms with van der Waals surface area (Å²) in [5.41, 5.74) is 0.725. The molecule has 36 valence electrons. The molecule has 0 aromatic heterocycles. The van der Waals surface area contributed by atoms with Crippen molar-refractivity contribution < 1.29 is 0 Å². The van der Waals surface area contributed by atoms with Gasteiger partial charge in [0.2, 0.25) is 0 Å². The van der Waals surface area contributed by atoms with E-state index in [9.17, 15) is 0 Å². The Morgan fingerprint density at radius 2 is 2.43 bits per heavy atom. The number of terminal acetylenes is 1. The standard InChI is InChI=1S/C7H8/c1-4-6-7(3)5-2/h2,4,6H,3H2,1H3/b6-4-. The Morgan fingerprint density at radius 3 is 2.57 bits per heavy atom. The van der Waals surface area contributed by atoms with Crippen LogP contribution in [-0.4, -0.2) is 0 Å². The summed E-state index contributed by atoms with van der Waals surface area (Å²) < 4.78 is 0. The summed E-state index contributed by atoms with van der Waals surface area (Å²) in [5, 5.41) is 0. The minimum atomic E-state index is 0.725. The molecule has 0 saturated heterocycles. The van der Waals surface area contributed by atoms with Crippen molar-refractivity contribution in [1.29, 1.82) is 0 Å². The van der Waals surface area contributed by atoms with E-state index < -0.39 is 0 Å². The molecule has 0 aliphatic carbocycles. The average molecular weight is 92.1 g/mol. The zero-order chi connectivity index (χ0) is 5.70. The molecule has 7 heavy (non-hydrogen) atoms. The maximum Gasteiger partial charge on any atom is 0.0167 e. The van der Waals surface area contributed by atoms with Gasteiger partial charge >= 0.3 is 0 Å². The molecule has 0 fully saturated rings. The first-order valence-corrected chi connectivity index (χ1v) is 2.09. The van der Waals surface area contributed by atoms with Crippen LogP contribution in [0.3, 0.4) is 0 Å². The van der Waals surface area contributed by atoms with Gasteiger partial charge in [-0.15, -0.1) is 6.42 Å². The average Bonchev–Trinajstić information content (AvgIpc) is 1.68. The highest BCUT2D eigenvalue weighted by Gasteiger charge is 1.69. The fraction of sp³-hybridized carbons (Fsp3) is 0.143. The van der Waals surface area contributed by atoms with Gasteiger partial charge in [0.15, 0.2) is 0 Å². The second-order valence-electron chi connectivity index (χ2n) is 1.17. The third-order valence-electron chi connectivity index (χ3n) is 0.553. The molecule has 0 heteroatoms. The molecule has 0 aromatic carbocycles. The first-order valence-electron chi connectivity index (χ1n) is 2.09. The van der Waals surface area contributed by atoms with Crippen LogP contribution in [0.4, 0.5) is 0 Å². The Labute approximate surface area is 44.5 Å². The van der Waals surface area contributed by atoms with Crippen molar-refractivity contribution in [2.75, 3.05) is 0 Å². The second-order valence-corrected chi connectivity index (χ2v) is 1.17. The fourth-order valence-corrected chi connectivity index (χ4v) is 0.249. The molecular weight excluding hydrogens is 84.1 g/mol. The van der Waals surface area contributed by atoms with Gasteiger partial charge in [-0.1, -0.05) is 24.7 Å². The van der Waals surface area contributed by atoms with Gasteiger partial charge in [-0.2, -0.15) is 0 Å². The lowest BCUT2D eigenvalue weighted by Crippen LogP contribution is -1.60. The van der Waals surface area contributed by atoms with Crippen molar-refractivity contribution in [2.45, 2.75) is 6.92 Å². The van der Waals surface area contributed by atoms with Crippen molar-refractivity contribution in [3.8, 4) is 12.3 Å². The Morgan fingerprint density at radius 1 is 1.86 bits per heavy atom. The van der Waals surface area contributed by atoms with Crippen LogP contribution in [0.15, 0.2) is 24.3 Å². The van der Waals surface area contributed by atoms with Gasteiger partial charge < -0.3 is 0 Å². The van der Waals surface area contributed by atoms with Crippen LogP contribution < -0.4 is 0 Å². The Bertz CT molecular complexity index is 121. The summed E-state index contributed by atoms with van der Waals surface area (Å²) in [5.74, 6) is 2.38. The summed E-state index contributed by atoms with van der Waals surface area (Å²) in [7, 11) is 0. The van der Waals surface area contributed by atoms with Crippen LogP contribution in [0, 0.1) is 12.3 Å². The summed E-state index contributed by atoms with van der Waals surface area (Å²) in [6, 6.07) is 0. The van der Waals surface area contributed by atoms with Crippen LogP contribution in [0.5, 0.6) is 0 Å². The van der Waals surface area contributed by atoms with Crippen molar-refractivity contribution in [2.24, 2.45) is 0 Å². The molecule has 0 radical (unpaired) electrons. The van der Waals surface area contributed by atoms with Gasteiger partial charge in [0.25, 0.3) is 0 Å². The molecule has 0 aliphatic heterocycles. The Balaban J connectivity index is 3.66. The number of hydrogen-bond acceptors (Lipinski definition) is 0. The van der Waals surface area contributed by atoms with Crippen LogP contribution >= 0.6 is 0 Å². The minimum Gasteiger partial charge on any atom is -0.115 e. The van der Waals surface area contributed by atoms with Gasteiger partial charge in [-0.25, -0.2) is 0 Å². The fourth-order valence-electron chi connectivity index (χ4n) is 0.249. The highest BCUT2D eigenvalue weighted by atomic mass is 13.7. The molecule has 0 rings (SSSR count). The molecule has 0 aromatic rings.